The molecule has 1 amide bonds. The van der Waals surface area contributed by atoms with Crippen LogP contribution in [-0.2, 0) is 10.0 Å². The van der Waals surface area contributed by atoms with Gasteiger partial charge < -0.3 is 15.0 Å². The molecule has 0 unspecified atom stereocenters. The van der Waals surface area contributed by atoms with Crippen LogP contribution in [0.2, 0.25) is 0 Å². The van der Waals surface area contributed by atoms with Gasteiger partial charge >= 0.3 is 0 Å². The molecule has 0 atom stereocenters. The van der Waals surface area contributed by atoms with Gasteiger partial charge in [0, 0.05) is 23.3 Å². The highest BCUT2D eigenvalue weighted by Crippen LogP contribution is 2.33. The Kier molecular flexibility index (Phi) is 5.67. The molecule has 4 rings (SSSR count). The van der Waals surface area contributed by atoms with E-state index >= 15 is 0 Å². The number of pyridine rings is 1. The lowest BCUT2D eigenvalue weighted by Gasteiger charge is -2.07. The number of anilines is 2. The van der Waals surface area contributed by atoms with E-state index in [4.69, 9.17) is 4.74 Å². The molecule has 0 radical (unpaired) electrons. The average Bonchev–Trinajstić information content (AvgIpc) is 3.26. The number of methoxy groups -OCH3 is 1. The van der Waals surface area contributed by atoms with E-state index in [-0.39, 0.29) is 21.8 Å². The number of nitro groups is 1. The summed E-state index contributed by atoms with van der Waals surface area (Å²) in [5, 5.41) is 14.9. The van der Waals surface area contributed by atoms with Crippen LogP contribution in [0.15, 0.2) is 71.9 Å². The van der Waals surface area contributed by atoms with Crippen LogP contribution in [0.4, 0.5) is 17.1 Å². The van der Waals surface area contributed by atoms with Crippen LogP contribution < -0.4 is 14.8 Å². The first-order chi connectivity index (χ1) is 15.8. The summed E-state index contributed by atoms with van der Waals surface area (Å²) in [6, 6.07) is 13.1. The zero-order valence-electron chi connectivity index (χ0n) is 17.1. The van der Waals surface area contributed by atoms with E-state index in [0.29, 0.717) is 22.5 Å². The topological polar surface area (TPSA) is 156 Å². The number of non-ortho nitro benzene ring substituents is 1. The molecule has 0 aliphatic carbocycles. The normalized spacial score (nSPS) is 11.2. The summed E-state index contributed by atoms with van der Waals surface area (Å²) in [6.45, 7) is 0. The molecular weight excluding hydrogens is 450 g/mol. The summed E-state index contributed by atoms with van der Waals surface area (Å²) in [6.07, 6.45) is 3.16. The Morgan fingerprint density at radius 2 is 1.91 bits per heavy atom. The molecule has 11 nitrogen and oxygen atoms in total. The summed E-state index contributed by atoms with van der Waals surface area (Å²) in [7, 11) is -2.75. The molecule has 0 saturated carbocycles. The molecule has 3 N–H and O–H groups in total. The number of amides is 1. The van der Waals surface area contributed by atoms with E-state index in [1.165, 1.54) is 49.6 Å². The van der Waals surface area contributed by atoms with Crippen molar-refractivity contribution in [2.75, 3.05) is 12.4 Å². The maximum absolute atomic E-state index is 12.7. The Hall–Kier alpha value is -4.45. The molecule has 2 heterocycles. The molecule has 2 aromatic carbocycles. The van der Waals surface area contributed by atoms with Gasteiger partial charge in [-0.15, -0.1) is 0 Å². The molecule has 0 bridgehead atoms. The molecule has 0 aliphatic heterocycles. The Bertz CT molecular complexity index is 1450. The van der Waals surface area contributed by atoms with Gasteiger partial charge in [0.1, 0.15) is 17.0 Å². The highest BCUT2D eigenvalue weighted by molar-refractivity contribution is 7.90. The number of ether oxygens (including phenoxy) is 1. The molecule has 2 aromatic heterocycles. The minimum Gasteiger partial charge on any atom is -0.497 e. The maximum Gasteiger partial charge on any atom is 0.293 e. The van der Waals surface area contributed by atoms with E-state index in [2.05, 4.69) is 15.3 Å². The zero-order chi connectivity index (χ0) is 23.6. The van der Waals surface area contributed by atoms with Gasteiger partial charge in [-0.2, -0.15) is 0 Å². The van der Waals surface area contributed by atoms with Crippen LogP contribution in [-0.4, -0.2) is 36.3 Å². The number of sulfonamides is 1. The molecule has 0 aliphatic rings. The van der Waals surface area contributed by atoms with Crippen LogP contribution >= 0.6 is 0 Å². The first-order valence-corrected chi connectivity index (χ1v) is 10.9. The second-order valence-electron chi connectivity index (χ2n) is 6.84. The summed E-state index contributed by atoms with van der Waals surface area (Å²) in [5.41, 5.74) is 0.740. The summed E-state index contributed by atoms with van der Waals surface area (Å²) >= 11 is 0. The number of aromatic nitrogens is 2. The molecule has 4 aromatic rings. The number of hydrogen-bond acceptors (Lipinski definition) is 8. The average molecular weight is 467 g/mol. The van der Waals surface area contributed by atoms with Crippen molar-refractivity contribution in [3.63, 3.8) is 0 Å². The van der Waals surface area contributed by atoms with Crippen molar-refractivity contribution in [3.8, 4) is 5.75 Å². The van der Waals surface area contributed by atoms with Gasteiger partial charge in [-0.3, -0.25) is 19.9 Å². The summed E-state index contributed by atoms with van der Waals surface area (Å²) in [4.78, 5) is 30.1. The number of H-pyrrole nitrogens is 1. The third kappa shape index (κ3) is 4.45. The maximum atomic E-state index is 12.7. The molecule has 0 spiro atoms. The van der Waals surface area contributed by atoms with E-state index in [0.717, 1.165) is 0 Å². The number of rotatable bonds is 7. The number of nitrogens with one attached hydrogen (secondary N) is 3. The van der Waals surface area contributed by atoms with Crippen LogP contribution in [0.5, 0.6) is 5.75 Å². The Morgan fingerprint density at radius 3 is 2.55 bits per heavy atom. The van der Waals surface area contributed by atoms with Crippen molar-refractivity contribution in [2.45, 2.75) is 4.90 Å². The lowest BCUT2D eigenvalue weighted by atomic mass is 10.1. The van der Waals surface area contributed by atoms with E-state index in [9.17, 15) is 23.3 Å². The Balaban J connectivity index is 1.69. The number of nitro benzene ring substituents is 1. The smallest absolute Gasteiger partial charge is 0.293 e. The van der Waals surface area contributed by atoms with Gasteiger partial charge in [0.2, 0.25) is 0 Å². The van der Waals surface area contributed by atoms with Crippen molar-refractivity contribution in [2.24, 2.45) is 0 Å². The SMILES string of the molecule is COc1ccc(S(=O)(=O)NC(=O)c2cc3c(Nc4cccnc4)ccc([N+](=O)[O-])c3[nH]2)cc1. The van der Waals surface area contributed by atoms with Crippen LogP contribution in [0.1, 0.15) is 10.5 Å². The predicted molar refractivity (Wildman–Crippen MR) is 120 cm³/mol. The molecule has 12 heteroatoms. The van der Waals surface area contributed by atoms with Crippen LogP contribution in [0.3, 0.4) is 0 Å². The monoisotopic (exact) mass is 467 g/mol. The zero-order valence-corrected chi connectivity index (χ0v) is 17.9. The number of hydrogen-bond donors (Lipinski definition) is 3. The van der Waals surface area contributed by atoms with Gasteiger partial charge in [0.25, 0.3) is 21.6 Å². The Morgan fingerprint density at radius 1 is 1.15 bits per heavy atom. The number of fused-ring (bicyclic) bond motifs is 1. The summed E-state index contributed by atoms with van der Waals surface area (Å²) in [5.74, 6) is -0.513. The van der Waals surface area contributed by atoms with Crippen molar-refractivity contribution < 1.29 is 22.9 Å². The van der Waals surface area contributed by atoms with Gasteiger partial charge in [0.05, 0.1) is 28.8 Å². The standard InChI is InChI=1S/C21H17N5O6S/c1-32-14-4-6-15(7-5-14)33(30,31)25-21(27)18-11-16-17(23-13-3-2-10-22-12-13)8-9-19(26(28)29)20(16)24-18/h2-12,23-24H,1H3,(H,25,27). The Labute approximate surface area is 187 Å². The quantitative estimate of drug-likeness (QED) is 0.276. The predicted octanol–water partition coefficient (Wildman–Crippen LogP) is 3.34. The van der Waals surface area contributed by atoms with Crippen molar-refractivity contribution in [1.29, 1.82) is 0 Å². The number of nitrogens with zero attached hydrogens (tertiary/aromatic N) is 2. The molecule has 0 fully saturated rings. The fraction of sp³-hybridized carbons (Fsp3) is 0.0476. The second kappa shape index (κ2) is 8.59. The van der Waals surface area contributed by atoms with Gasteiger partial charge in [-0.25, -0.2) is 13.1 Å². The third-order valence-electron chi connectivity index (χ3n) is 4.75. The fourth-order valence-electron chi connectivity index (χ4n) is 3.17. The minimum absolute atomic E-state index is 0.0703. The summed E-state index contributed by atoms with van der Waals surface area (Å²) < 4.78 is 32.2. The number of carbonyl (C=O) groups excluding carboxylic acids is 1. The van der Waals surface area contributed by atoms with Gasteiger partial charge in [-0.05, 0) is 48.5 Å². The van der Waals surface area contributed by atoms with E-state index in [1.54, 1.807) is 24.5 Å². The van der Waals surface area contributed by atoms with Crippen molar-refractivity contribution in [1.82, 2.24) is 14.7 Å². The highest BCUT2D eigenvalue weighted by atomic mass is 32.2. The molecule has 0 saturated heterocycles. The minimum atomic E-state index is -4.19. The number of benzene rings is 2. The van der Waals surface area contributed by atoms with Crippen LogP contribution in [0, 0.1) is 10.1 Å². The first-order valence-electron chi connectivity index (χ1n) is 9.47. The highest BCUT2D eigenvalue weighted by Gasteiger charge is 2.23. The molecular formula is C21H17N5O6S. The first kappa shape index (κ1) is 21.8. The molecule has 168 valence electrons. The van der Waals surface area contributed by atoms with Gasteiger partial charge in [-0.1, -0.05) is 0 Å². The fourth-order valence-corrected chi connectivity index (χ4v) is 4.14. The van der Waals surface area contributed by atoms with E-state index in [1.807, 2.05) is 4.72 Å². The number of carbonyl (C=O) groups is 1. The largest absolute Gasteiger partial charge is 0.497 e. The third-order valence-corrected chi connectivity index (χ3v) is 6.10. The lowest BCUT2D eigenvalue weighted by molar-refractivity contribution is -0.383. The van der Waals surface area contributed by atoms with Crippen molar-refractivity contribution >= 4 is 43.9 Å². The van der Waals surface area contributed by atoms with Gasteiger partial charge in [0.15, 0.2) is 0 Å². The second-order valence-corrected chi connectivity index (χ2v) is 8.52. The number of aromatic amines is 1. The van der Waals surface area contributed by atoms with Crippen LogP contribution in [0.25, 0.3) is 10.9 Å². The van der Waals surface area contributed by atoms with E-state index < -0.39 is 20.9 Å². The lowest BCUT2D eigenvalue weighted by Crippen LogP contribution is -2.30. The van der Waals surface area contributed by atoms with Crippen molar-refractivity contribution in [3.05, 3.63) is 82.8 Å². The molecule has 33 heavy (non-hydrogen) atoms.